The zero-order valence-corrected chi connectivity index (χ0v) is 9.81. The third-order valence-electron chi connectivity index (χ3n) is 2.86. The van der Waals surface area contributed by atoms with E-state index in [0.29, 0.717) is 5.56 Å². The summed E-state index contributed by atoms with van der Waals surface area (Å²) in [5, 5.41) is 0. The number of amides is 1. The summed E-state index contributed by atoms with van der Waals surface area (Å²) >= 11 is 0. The van der Waals surface area contributed by atoms with Crippen LogP contribution in [0.25, 0.3) is 11.1 Å². The van der Waals surface area contributed by atoms with Crippen molar-refractivity contribution in [2.75, 3.05) is 0 Å². The van der Waals surface area contributed by atoms with Crippen molar-refractivity contribution in [2.45, 2.75) is 13.3 Å². The molecule has 0 radical (unpaired) electrons. The number of rotatable bonds is 3. The first-order valence-corrected chi connectivity index (χ1v) is 5.70. The highest BCUT2D eigenvalue weighted by Gasteiger charge is 2.05. The van der Waals surface area contributed by atoms with Crippen LogP contribution in [0.2, 0.25) is 0 Å². The molecular formula is C15H15NO. The Morgan fingerprint density at radius 1 is 1.12 bits per heavy atom. The van der Waals surface area contributed by atoms with Crippen molar-refractivity contribution in [3.63, 3.8) is 0 Å². The Hall–Kier alpha value is -2.09. The van der Waals surface area contributed by atoms with E-state index in [0.717, 1.165) is 17.5 Å². The topological polar surface area (TPSA) is 43.1 Å². The van der Waals surface area contributed by atoms with E-state index >= 15 is 0 Å². The van der Waals surface area contributed by atoms with Gasteiger partial charge in [-0.15, -0.1) is 0 Å². The third kappa shape index (κ3) is 2.36. The Morgan fingerprint density at radius 2 is 1.88 bits per heavy atom. The zero-order valence-electron chi connectivity index (χ0n) is 9.81. The minimum absolute atomic E-state index is 0.388. The van der Waals surface area contributed by atoms with Gasteiger partial charge in [0.15, 0.2) is 0 Å². The predicted molar refractivity (Wildman–Crippen MR) is 69.8 cm³/mol. The quantitative estimate of drug-likeness (QED) is 0.857. The van der Waals surface area contributed by atoms with Crippen molar-refractivity contribution in [3.8, 4) is 11.1 Å². The minimum Gasteiger partial charge on any atom is -0.366 e. The van der Waals surface area contributed by atoms with Crippen LogP contribution in [-0.4, -0.2) is 5.91 Å². The summed E-state index contributed by atoms with van der Waals surface area (Å²) in [5.74, 6) is -0.388. The van der Waals surface area contributed by atoms with Crippen LogP contribution in [0.3, 0.4) is 0 Å². The van der Waals surface area contributed by atoms with Crippen LogP contribution >= 0.6 is 0 Å². The number of aryl methyl sites for hydroxylation is 1. The molecule has 0 aliphatic rings. The van der Waals surface area contributed by atoms with E-state index in [-0.39, 0.29) is 5.91 Å². The van der Waals surface area contributed by atoms with Gasteiger partial charge in [0.2, 0.25) is 5.91 Å². The third-order valence-corrected chi connectivity index (χ3v) is 2.86. The van der Waals surface area contributed by atoms with Gasteiger partial charge in [-0.25, -0.2) is 0 Å². The molecule has 0 saturated carbocycles. The maximum Gasteiger partial charge on any atom is 0.248 e. The number of carbonyl (C=O) groups is 1. The summed E-state index contributed by atoms with van der Waals surface area (Å²) < 4.78 is 0. The van der Waals surface area contributed by atoms with Gasteiger partial charge in [-0.05, 0) is 35.2 Å². The first kappa shape index (κ1) is 11.4. The number of benzene rings is 2. The van der Waals surface area contributed by atoms with Gasteiger partial charge in [-0.1, -0.05) is 43.3 Å². The van der Waals surface area contributed by atoms with Crippen LogP contribution in [0.4, 0.5) is 0 Å². The van der Waals surface area contributed by atoms with Crippen molar-refractivity contribution in [2.24, 2.45) is 5.73 Å². The molecule has 2 aromatic rings. The minimum atomic E-state index is -0.388. The van der Waals surface area contributed by atoms with Crippen molar-refractivity contribution >= 4 is 5.91 Å². The number of hydrogen-bond donors (Lipinski definition) is 1. The summed E-state index contributed by atoms with van der Waals surface area (Å²) in [6.07, 6.45) is 0.969. The second kappa shape index (κ2) is 4.83. The van der Waals surface area contributed by atoms with E-state index in [1.54, 1.807) is 6.07 Å². The molecule has 2 rings (SSSR count). The molecule has 17 heavy (non-hydrogen) atoms. The zero-order chi connectivity index (χ0) is 12.3. The fraction of sp³-hybridized carbons (Fsp3) is 0.133. The lowest BCUT2D eigenvalue weighted by Gasteiger charge is -2.08. The molecule has 0 aliphatic heterocycles. The molecule has 0 bridgehead atoms. The van der Waals surface area contributed by atoms with Crippen LogP contribution in [-0.2, 0) is 6.42 Å². The number of carbonyl (C=O) groups excluding carboxylic acids is 1. The Balaban J connectivity index is 2.52. The summed E-state index contributed by atoms with van der Waals surface area (Å²) in [6.45, 7) is 2.12. The van der Waals surface area contributed by atoms with Crippen molar-refractivity contribution < 1.29 is 4.79 Å². The highest BCUT2D eigenvalue weighted by atomic mass is 16.1. The van der Waals surface area contributed by atoms with Gasteiger partial charge in [0.1, 0.15) is 0 Å². The first-order chi connectivity index (χ1) is 8.22. The first-order valence-electron chi connectivity index (χ1n) is 5.70. The monoisotopic (exact) mass is 225 g/mol. The predicted octanol–water partition coefficient (Wildman–Crippen LogP) is 3.01. The van der Waals surface area contributed by atoms with Crippen molar-refractivity contribution in [1.82, 2.24) is 0 Å². The summed E-state index contributed by atoms with van der Waals surface area (Å²) in [5.41, 5.74) is 9.32. The molecule has 0 atom stereocenters. The molecule has 2 aromatic carbocycles. The van der Waals surface area contributed by atoms with Gasteiger partial charge in [0, 0.05) is 5.56 Å². The highest BCUT2D eigenvalue weighted by molar-refractivity contribution is 5.94. The second-order valence-corrected chi connectivity index (χ2v) is 3.96. The van der Waals surface area contributed by atoms with E-state index in [9.17, 15) is 4.79 Å². The number of primary amides is 1. The van der Waals surface area contributed by atoms with Gasteiger partial charge in [-0.3, -0.25) is 4.79 Å². The second-order valence-electron chi connectivity index (χ2n) is 3.96. The van der Waals surface area contributed by atoms with Gasteiger partial charge in [-0.2, -0.15) is 0 Å². The van der Waals surface area contributed by atoms with Gasteiger partial charge in [0.05, 0.1) is 0 Å². The standard InChI is InChI=1S/C15H15NO/c1-2-11-6-3-4-9-14(11)12-7-5-8-13(10-12)15(16)17/h3-10H,2H2,1H3,(H2,16,17). The molecule has 0 heterocycles. The Bertz CT molecular complexity index is 546. The van der Waals surface area contributed by atoms with Gasteiger partial charge >= 0.3 is 0 Å². The molecule has 1 amide bonds. The van der Waals surface area contributed by atoms with Gasteiger partial charge < -0.3 is 5.73 Å². The molecular weight excluding hydrogens is 210 g/mol. The average Bonchev–Trinajstić information content (AvgIpc) is 2.39. The fourth-order valence-electron chi connectivity index (χ4n) is 1.95. The molecule has 0 aromatic heterocycles. The molecule has 0 saturated heterocycles. The van der Waals surface area contributed by atoms with Crippen molar-refractivity contribution in [3.05, 3.63) is 59.7 Å². The lowest BCUT2D eigenvalue weighted by atomic mass is 9.97. The molecule has 0 fully saturated rings. The van der Waals surface area contributed by atoms with Crippen molar-refractivity contribution in [1.29, 1.82) is 0 Å². The maximum atomic E-state index is 11.2. The molecule has 86 valence electrons. The smallest absolute Gasteiger partial charge is 0.248 e. The van der Waals surface area contributed by atoms with Crippen LogP contribution in [0, 0.1) is 0 Å². The number of nitrogens with two attached hydrogens (primary N) is 1. The molecule has 0 aliphatic carbocycles. The van der Waals surface area contributed by atoms with Gasteiger partial charge in [0.25, 0.3) is 0 Å². The molecule has 0 unspecified atom stereocenters. The van der Waals surface area contributed by atoms with E-state index in [1.165, 1.54) is 5.56 Å². The normalized spacial score (nSPS) is 10.2. The van der Waals surface area contributed by atoms with E-state index in [1.807, 2.05) is 30.3 Å². The summed E-state index contributed by atoms with van der Waals surface area (Å²) in [4.78, 5) is 11.2. The molecule has 2 N–H and O–H groups in total. The average molecular weight is 225 g/mol. The SMILES string of the molecule is CCc1ccccc1-c1cccc(C(N)=O)c1. The van der Waals surface area contributed by atoms with Crippen LogP contribution in [0.15, 0.2) is 48.5 Å². The van der Waals surface area contributed by atoms with Crippen LogP contribution in [0.1, 0.15) is 22.8 Å². The Kier molecular flexibility index (Phi) is 3.24. The Labute approximate surface area is 101 Å². The number of hydrogen-bond acceptors (Lipinski definition) is 1. The van der Waals surface area contributed by atoms with Crippen LogP contribution in [0.5, 0.6) is 0 Å². The molecule has 0 spiro atoms. The van der Waals surface area contributed by atoms with E-state index in [2.05, 4.69) is 19.1 Å². The molecule has 2 heteroatoms. The lowest BCUT2D eigenvalue weighted by molar-refractivity contribution is 0.100. The largest absolute Gasteiger partial charge is 0.366 e. The summed E-state index contributed by atoms with van der Waals surface area (Å²) in [6, 6.07) is 15.6. The Morgan fingerprint density at radius 3 is 2.59 bits per heavy atom. The maximum absolute atomic E-state index is 11.2. The molecule has 2 nitrogen and oxygen atoms in total. The summed E-state index contributed by atoms with van der Waals surface area (Å²) in [7, 11) is 0. The fourth-order valence-corrected chi connectivity index (χ4v) is 1.95. The van der Waals surface area contributed by atoms with Crippen LogP contribution < -0.4 is 5.73 Å². The van der Waals surface area contributed by atoms with E-state index in [4.69, 9.17) is 5.73 Å². The highest BCUT2D eigenvalue weighted by Crippen LogP contribution is 2.24. The van der Waals surface area contributed by atoms with E-state index < -0.39 is 0 Å². The lowest BCUT2D eigenvalue weighted by Crippen LogP contribution is -2.10.